The van der Waals surface area contributed by atoms with Gasteiger partial charge >= 0.3 is 0 Å². The van der Waals surface area contributed by atoms with E-state index in [1.54, 1.807) is 0 Å². The lowest BCUT2D eigenvalue weighted by molar-refractivity contribution is 1.21. The zero-order valence-electron chi connectivity index (χ0n) is 14.7. The van der Waals surface area contributed by atoms with Gasteiger partial charge in [0.1, 0.15) is 13.7 Å². The molecule has 0 bridgehead atoms. The lowest BCUT2D eigenvalue weighted by atomic mass is 9.17. The van der Waals surface area contributed by atoms with Crippen LogP contribution in [-0.2, 0) is 0 Å². The average molecular weight is 306 g/mol. The largest absolute Gasteiger partial charge is 0.255 e. The van der Waals surface area contributed by atoms with Crippen molar-refractivity contribution in [1.29, 1.82) is 0 Å². The Kier molecular flexibility index (Phi) is 4.93. The standard InChI is InChI=1S/C16H18B5N3/c1-10-2-4-22-13(6-10)15-7-11(20-17)8-16(24-15)14-9-12(21(18)19)3-5-23-14/h2-9,20H,17-19H2,1H3. The highest BCUT2D eigenvalue weighted by Gasteiger charge is 2.10. The van der Waals surface area contributed by atoms with Gasteiger partial charge < -0.3 is 0 Å². The van der Waals surface area contributed by atoms with E-state index >= 15 is 0 Å². The second kappa shape index (κ2) is 7.12. The van der Waals surface area contributed by atoms with Crippen LogP contribution in [-0.4, -0.2) is 51.8 Å². The number of nitrogens with zero attached hydrogens (tertiary/aromatic N) is 3. The Balaban J connectivity index is 2.12. The molecule has 0 amide bonds. The molecule has 3 aromatic rings. The molecule has 8 heteroatoms. The first-order chi connectivity index (χ1) is 11.6. The van der Waals surface area contributed by atoms with Crippen molar-refractivity contribution in [1.82, 2.24) is 15.0 Å². The molecule has 0 unspecified atom stereocenters. The van der Waals surface area contributed by atoms with Crippen molar-refractivity contribution >= 4 is 47.8 Å². The molecule has 3 nitrogen and oxygen atoms in total. The summed E-state index contributed by atoms with van der Waals surface area (Å²) in [5, 5.41) is 0. The molecule has 3 heterocycles. The summed E-state index contributed by atoms with van der Waals surface area (Å²) in [6.07, 6.45) is 3.71. The van der Waals surface area contributed by atoms with Gasteiger partial charge in [0.05, 0.1) is 46.0 Å². The SMILES string of the molecule is BBc1cc(-c2cc(C)ccn2)nc(-c2cc(B(B)B)ccn2)c1. The molecule has 24 heavy (non-hydrogen) atoms. The van der Waals surface area contributed by atoms with Crippen molar-refractivity contribution in [3.8, 4) is 22.8 Å². The predicted molar refractivity (Wildman–Crippen MR) is 113 cm³/mol. The van der Waals surface area contributed by atoms with Crippen LogP contribution in [0.15, 0.2) is 48.8 Å². The minimum Gasteiger partial charge on any atom is -0.255 e. The molecule has 0 aliphatic heterocycles. The van der Waals surface area contributed by atoms with Crippen LogP contribution in [0.4, 0.5) is 0 Å². The summed E-state index contributed by atoms with van der Waals surface area (Å²) in [5.41, 5.74) is 7.36. The Morgan fingerprint density at radius 1 is 0.875 bits per heavy atom. The van der Waals surface area contributed by atoms with Crippen molar-refractivity contribution in [2.75, 3.05) is 0 Å². The number of hydrogen-bond donors (Lipinski definition) is 0. The number of hydrogen-bond acceptors (Lipinski definition) is 3. The van der Waals surface area contributed by atoms with Gasteiger partial charge in [0.15, 0.2) is 0 Å². The third-order valence-electron chi connectivity index (χ3n) is 4.18. The molecule has 0 aliphatic rings. The fraction of sp³-hybridized carbons (Fsp3) is 0.0625. The number of rotatable bonds is 4. The van der Waals surface area contributed by atoms with Crippen molar-refractivity contribution in [2.24, 2.45) is 0 Å². The Bertz CT molecular complexity index is 870. The van der Waals surface area contributed by atoms with Crippen LogP contribution in [0.3, 0.4) is 0 Å². The maximum atomic E-state index is 4.84. The molecule has 0 radical (unpaired) electrons. The molecule has 0 aromatic carbocycles. The van der Waals surface area contributed by atoms with Gasteiger partial charge in [-0.05, 0) is 42.8 Å². The topological polar surface area (TPSA) is 38.7 Å². The van der Waals surface area contributed by atoms with E-state index in [1.807, 2.05) is 18.5 Å². The zero-order chi connectivity index (χ0) is 17.1. The molecule has 3 rings (SSSR count). The second-order valence-electron chi connectivity index (χ2n) is 6.45. The summed E-state index contributed by atoms with van der Waals surface area (Å²) >= 11 is 0. The Morgan fingerprint density at radius 2 is 1.50 bits per heavy atom. The van der Waals surface area contributed by atoms with Crippen LogP contribution in [0.2, 0.25) is 0 Å². The minimum atomic E-state index is 0.471. The van der Waals surface area contributed by atoms with Crippen LogP contribution < -0.4 is 10.9 Å². The van der Waals surface area contributed by atoms with Gasteiger partial charge in [-0.2, -0.15) is 0 Å². The van der Waals surface area contributed by atoms with Gasteiger partial charge in [0, 0.05) is 12.4 Å². The minimum absolute atomic E-state index is 0.471. The van der Waals surface area contributed by atoms with E-state index in [4.69, 9.17) is 4.98 Å². The second-order valence-corrected chi connectivity index (χ2v) is 6.45. The maximum Gasteiger partial charge on any atom is 0.119 e. The summed E-state index contributed by atoms with van der Waals surface area (Å²) in [4.78, 5) is 13.9. The van der Waals surface area contributed by atoms with E-state index in [0.29, 0.717) is 6.49 Å². The molecule has 0 atom stereocenters. The molecule has 112 valence electrons. The molecule has 0 N–H and O–H groups in total. The third kappa shape index (κ3) is 3.64. The van der Waals surface area contributed by atoms with Gasteiger partial charge in [0.25, 0.3) is 0 Å². The normalized spacial score (nSPS) is 10.4. The number of aryl methyl sites for hydroxylation is 1. The van der Waals surface area contributed by atoms with E-state index in [2.05, 4.69) is 70.4 Å². The predicted octanol–water partition coefficient (Wildman–Crippen LogP) is -1.91. The molecular weight excluding hydrogens is 288 g/mol. The van der Waals surface area contributed by atoms with Crippen molar-refractivity contribution in [3.63, 3.8) is 0 Å². The summed E-state index contributed by atoms with van der Waals surface area (Å²) in [6.45, 7) is 2.54. The Hall–Kier alpha value is -2.23. The third-order valence-corrected chi connectivity index (χ3v) is 4.18. The van der Waals surface area contributed by atoms with E-state index in [9.17, 15) is 0 Å². The molecular formula is C16H18B5N3. The molecule has 0 saturated carbocycles. The van der Waals surface area contributed by atoms with E-state index < -0.39 is 0 Å². The van der Waals surface area contributed by atoms with Gasteiger partial charge in [-0.1, -0.05) is 17.0 Å². The zero-order valence-corrected chi connectivity index (χ0v) is 14.7. The first kappa shape index (κ1) is 16.6. The first-order valence-corrected chi connectivity index (χ1v) is 8.47. The number of pyridine rings is 3. The molecule has 3 aromatic heterocycles. The van der Waals surface area contributed by atoms with Crippen molar-refractivity contribution in [3.05, 3.63) is 54.4 Å². The Labute approximate surface area is 147 Å². The molecule has 0 aliphatic carbocycles. The smallest absolute Gasteiger partial charge is 0.119 e. The van der Waals surface area contributed by atoms with Crippen LogP contribution in [0.5, 0.6) is 0 Å². The summed E-state index contributed by atoms with van der Waals surface area (Å²) in [5.74, 6) is 0. The highest BCUT2D eigenvalue weighted by Crippen LogP contribution is 2.19. The Morgan fingerprint density at radius 3 is 2.08 bits per heavy atom. The van der Waals surface area contributed by atoms with Crippen molar-refractivity contribution < 1.29 is 0 Å². The highest BCUT2D eigenvalue weighted by molar-refractivity contribution is 7.35. The quantitative estimate of drug-likeness (QED) is 0.528. The fourth-order valence-corrected chi connectivity index (χ4v) is 2.68. The fourth-order valence-electron chi connectivity index (χ4n) is 2.68. The highest BCUT2D eigenvalue weighted by atomic mass is 14.8. The van der Waals surface area contributed by atoms with Gasteiger partial charge in [-0.25, -0.2) is 4.98 Å². The van der Waals surface area contributed by atoms with Crippen LogP contribution in [0.25, 0.3) is 22.8 Å². The first-order valence-electron chi connectivity index (χ1n) is 8.47. The van der Waals surface area contributed by atoms with Gasteiger partial charge in [-0.15, -0.1) is 0 Å². The lowest BCUT2D eigenvalue weighted by Gasteiger charge is -2.10. The van der Waals surface area contributed by atoms with E-state index in [0.717, 1.165) is 29.9 Å². The van der Waals surface area contributed by atoms with Crippen LogP contribution in [0, 0.1) is 6.92 Å². The summed E-state index contributed by atoms with van der Waals surface area (Å²) < 4.78 is 0. The summed E-state index contributed by atoms with van der Waals surface area (Å²) in [7, 11) is 7.50. The van der Waals surface area contributed by atoms with Crippen molar-refractivity contribution in [2.45, 2.75) is 6.92 Å². The van der Waals surface area contributed by atoms with Crippen LogP contribution in [0.1, 0.15) is 5.56 Å². The maximum absolute atomic E-state index is 4.84. The van der Waals surface area contributed by atoms with Gasteiger partial charge in [0.2, 0.25) is 0 Å². The van der Waals surface area contributed by atoms with Gasteiger partial charge in [-0.3, -0.25) is 9.97 Å². The van der Waals surface area contributed by atoms with E-state index in [-0.39, 0.29) is 0 Å². The summed E-state index contributed by atoms with van der Waals surface area (Å²) in [6, 6.07) is 12.5. The lowest BCUT2D eigenvalue weighted by Crippen LogP contribution is -2.31. The average Bonchev–Trinajstić information content (AvgIpc) is 2.61. The monoisotopic (exact) mass is 307 g/mol. The molecule has 0 spiro atoms. The number of aromatic nitrogens is 3. The molecule has 0 fully saturated rings. The van der Waals surface area contributed by atoms with Crippen LogP contribution >= 0.6 is 0 Å². The van der Waals surface area contributed by atoms with E-state index in [1.165, 1.54) is 16.5 Å². The molecule has 0 saturated heterocycles.